The van der Waals surface area contributed by atoms with Crippen LogP contribution in [0.25, 0.3) is 0 Å². The third-order valence-electron chi connectivity index (χ3n) is 3.10. The Morgan fingerprint density at radius 3 is 2.79 bits per heavy atom. The molecule has 2 aromatic heterocycles. The van der Waals surface area contributed by atoms with Gasteiger partial charge in [-0.1, -0.05) is 24.6 Å². The van der Waals surface area contributed by atoms with Crippen LogP contribution in [-0.2, 0) is 19.9 Å². The van der Waals surface area contributed by atoms with Crippen molar-refractivity contribution >= 4 is 17.4 Å². The molecule has 0 amide bonds. The molecular formula is C14H16ClN3O. The lowest BCUT2D eigenvalue weighted by atomic mass is 10.1. The average molecular weight is 278 g/mol. The van der Waals surface area contributed by atoms with Crippen LogP contribution in [-0.4, -0.2) is 20.5 Å². The molecular weight excluding hydrogens is 262 g/mol. The molecule has 0 fully saturated rings. The number of aromatic nitrogens is 3. The average Bonchev–Trinajstić information content (AvgIpc) is 2.66. The minimum Gasteiger partial charge on any atom is -0.292 e. The first-order chi connectivity index (χ1) is 9.04. The van der Waals surface area contributed by atoms with Gasteiger partial charge in [-0.2, -0.15) is 5.10 Å². The van der Waals surface area contributed by atoms with E-state index in [-0.39, 0.29) is 12.2 Å². The largest absolute Gasteiger partial charge is 0.292 e. The molecule has 0 aromatic carbocycles. The van der Waals surface area contributed by atoms with E-state index in [4.69, 9.17) is 11.6 Å². The van der Waals surface area contributed by atoms with Gasteiger partial charge in [0, 0.05) is 13.2 Å². The van der Waals surface area contributed by atoms with Crippen molar-refractivity contribution in [2.75, 3.05) is 0 Å². The Labute approximate surface area is 117 Å². The number of hydrogen-bond acceptors (Lipinski definition) is 3. The van der Waals surface area contributed by atoms with E-state index in [0.717, 1.165) is 23.4 Å². The van der Waals surface area contributed by atoms with Crippen molar-refractivity contribution in [3.8, 4) is 0 Å². The minimum atomic E-state index is -0.0364. The summed E-state index contributed by atoms with van der Waals surface area (Å²) in [5.41, 5.74) is 2.94. The molecule has 0 saturated heterocycles. The standard InChI is InChI=1S/C14H16ClN3O/c1-4-10-13(15)11(18(3)17-10)8-12(19)14-9(2)6-5-7-16-14/h5-7H,4,8H2,1-3H3. The number of hydrogen-bond donors (Lipinski definition) is 0. The maximum Gasteiger partial charge on any atom is 0.187 e. The Morgan fingerprint density at radius 2 is 2.21 bits per heavy atom. The van der Waals surface area contributed by atoms with Crippen LogP contribution in [0.5, 0.6) is 0 Å². The zero-order valence-corrected chi connectivity index (χ0v) is 12.0. The number of Topliss-reactive ketones (excluding diaryl/α,β-unsaturated/α-hetero) is 1. The second-order valence-corrected chi connectivity index (χ2v) is 4.83. The lowest BCUT2D eigenvalue weighted by molar-refractivity contribution is 0.0985. The summed E-state index contributed by atoms with van der Waals surface area (Å²) in [6, 6.07) is 3.70. The Balaban J connectivity index is 2.30. The molecule has 100 valence electrons. The summed E-state index contributed by atoms with van der Waals surface area (Å²) in [4.78, 5) is 16.4. The van der Waals surface area contributed by atoms with Gasteiger partial charge < -0.3 is 0 Å². The van der Waals surface area contributed by atoms with E-state index in [1.807, 2.05) is 26.0 Å². The number of carbonyl (C=O) groups is 1. The molecule has 0 atom stereocenters. The highest BCUT2D eigenvalue weighted by Gasteiger charge is 2.18. The van der Waals surface area contributed by atoms with Crippen molar-refractivity contribution in [3.63, 3.8) is 0 Å². The van der Waals surface area contributed by atoms with Crippen molar-refractivity contribution in [1.29, 1.82) is 0 Å². The van der Waals surface area contributed by atoms with Gasteiger partial charge in [-0.15, -0.1) is 0 Å². The van der Waals surface area contributed by atoms with Gasteiger partial charge in [0.2, 0.25) is 0 Å². The molecule has 0 unspecified atom stereocenters. The molecule has 2 aromatic rings. The van der Waals surface area contributed by atoms with Gasteiger partial charge in [-0.25, -0.2) is 0 Å². The van der Waals surface area contributed by atoms with E-state index in [0.29, 0.717) is 10.7 Å². The van der Waals surface area contributed by atoms with E-state index < -0.39 is 0 Å². The second-order valence-electron chi connectivity index (χ2n) is 4.45. The molecule has 0 aliphatic rings. The summed E-state index contributed by atoms with van der Waals surface area (Å²) in [6.07, 6.45) is 2.60. The van der Waals surface area contributed by atoms with Crippen molar-refractivity contribution < 1.29 is 4.79 Å². The van der Waals surface area contributed by atoms with Crippen LogP contribution in [0.3, 0.4) is 0 Å². The predicted molar refractivity (Wildman–Crippen MR) is 74.6 cm³/mol. The predicted octanol–water partition coefficient (Wildman–Crippen LogP) is 2.76. The molecule has 0 saturated carbocycles. The van der Waals surface area contributed by atoms with Crippen LogP contribution < -0.4 is 0 Å². The van der Waals surface area contributed by atoms with E-state index in [9.17, 15) is 4.79 Å². The molecule has 19 heavy (non-hydrogen) atoms. The number of pyridine rings is 1. The third kappa shape index (κ3) is 2.68. The highest BCUT2D eigenvalue weighted by Crippen LogP contribution is 2.22. The van der Waals surface area contributed by atoms with Gasteiger partial charge in [0.1, 0.15) is 5.69 Å². The maximum atomic E-state index is 12.3. The summed E-state index contributed by atoms with van der Waals surface area (Å²) >= 11 is 6.25. The lowest BCUT2D eigenvalue weighted by Gasteiger charge is -2.04. The SMILES string of the molecule is CCc1nn(C)c(CC(=O)c2ncccc2C)c1Cl. The first-order valence-corrected chi connectivity index (χ1v) is 6.57. The molecule has 5 heteroatoms. The first-order valence-electron chi connectivity index (χ1n) is 6.19. The summed E-state index contributed by atoms with van der Waals surface area (Å²) in [5.74, 6) is -0.0364. The maximum absolute atomic E-state index is 12.3. The number of aryl methyl sites for hydroxylation is 3. The van der Waals surface area contributed by atoms with Crippen molar-refractivity contribution in [2.45, 2.75) is 26.7 Å². The minimum absolute atomic E-state index is 0.0364. The summed E-state index contributed by atoms with van der Waals surface area (Å²) in [5, 5.41) is 4.90. The summed E-state index contributed by atoms with van der Waals surface area (Å²) < 4.78 is 1.68. The van der Waals surface area contributed by atoms with E-state index in [1.54, 1.807) is 17.9 Å². The Kier molecular flexibility index (Phi) is 4.00. The normalized spacial score (nSPS) is 10.7. The van der Waals surface area contributed by atoms with E-state index in [2.05, 4.69) is 10.1 Å². The van der Waals surface area contributed by atoms with Gasteiger partial charge in [-0.3, -0.25) is 14.5 Å². The molecule has 0 N–H and O–H groups in total. The summed E-state index contributed by atoms with van der Waals surface area (Å²) in [6.45, 7) is 3.87. The summed E-state index contributed by atoms with van der Waals surface area (Å²) in [7, 11) is 1.80. The monoisotopic (exact) mass is 277 g/mol. The molecule has 2 heterocycles. The molecule has 0 spiro atoms. The topological polar surface area (TPSA) is 47.8 Å². The van der Waals surface area contributed by atoms with Crippen molar-refractivity contribution in [3.05, 3.63) is 46.0 Å². The van der Waals surface area contributed by atoms with Gasteiger partial charge >= 0.3 is 0 Å². The lowest BCUT2D eigenvalue weighted by Crippen LogP contribution is -2.11. The van der Waals surface area contributed by atoms with Gasteiger partial charge in [0.15, 0.2) is 5.78 Å². The molecule has 0 aliphatic heterocycles. The smallest absolute Gasteiger partial charge is 0.187 e. The van der Waals surface area contributed by atoms with Crippen molar-refractivity contribution in [2.24, 2.45) is 7.05 Å². The zero-order valence-electron chi connectivity index (χ0n) is 11.3. The van der Waals surface area contributed by atoms with Crippen LogP contribution >= 0.6 is 11.6 Å². The fraction of sp³-hybridized carbons (Fsp3) is 0.357. The second kappa shape index (κ2) is 5.53. The van der Waals surface area contributed by atoms with Crippen LogP contribution in [0.4, 0.5) is 0 Å². The Hall–Kier alpha value is -1.68. The van der Waals surface area contributed by atoms with Crippen molar-refractivity contribution in [1.82, 2.24) is 14.8 Å². The van der Waals surface area contributed by atoms with Gasteiger partial charge in [0.05, 0.1) is 22.8 Å². The molecule has 0 aliphatic carbocycles. The first kappa shape index (κ1) is 13.7. The fourth-order valence-corrected chi connectivity index (χ4v) is 2.39. The molecule has 0 bridgehead atoms. The highest BCUT2D eigenvalue weighted by atomic mass is 35.5. The third-order valence-corrected chi connectivity index (χ3v) is 3.54. The van der Waals surface area contributed by atoms with Crippen LogP contribution in [0, 0.1) is 6.92 Å². The highest BCUT2D eigenvalue weighted by molar-refractivity contribution is 6.32. The van der Waals surface area contributed by atoms with Gasteiger partial charge in [0.25, 0.3) is 0 Å². The fourth-order valence-electron chi connectivity index (χ4n) is 2.03. The number of rotatable bonds is 4. The van der Waals surface area contributed by atoms with Crippen LogP contribution in [0.1, 0.15) is 34.4 Å². The Morgan fingerprint density at radius 1 is 1.47 bits per heavy atom. The number of halogens is 1. The quantitative estimate of drug-likeness (QED) is 0.808. The Bertz CT molecular complexity index is 619. The number of carbonyl (C=O) groups excluding carboxylic acids is 1. The van der Waals surface area contributed by atoms with Gasteiger partial charge in [-0.05, 0) is 25.0 Å². The number of nitrogens with zero attached hydrogens (tertiary/aromatic N) is 3. The molecule has 0 radical (unpaired) electrons. The molecule has 2 rings (SSSR count). The van der Waals surface area contributed by atoms with Crippen LogP contribution in [0.15, 0.2) is 18.3 Å². The van der Waals surface area contributed by atoms with E-state index in [1.165, 1.54) is 0 Å². The zero-order chi connectivity index (χ0) is 14.0. The molecule has 4 nitrogen and oxygen atoms in total. The van der Waals surface area contributed by atoms with E-state index >= 15 is 0 Å². The number of ketones is 1. The van der Waals surface area contributed by atoms with Crippen LogP contribution in [0.2, 0.25) is 5.02 Å².